The van der Waals surface area contributed by atoms with E-state index in [1.165, 1.54) is 29.6 Å². The summed E-state index contributed by atoms with van der Waals surface area (Å²) >= 11 is 1.40. The lowest BCUT2D eigenvalue weighted by Gasteiger charge is -2.05. The van der Waals surface area contributed by atoms with Crippen molar-refractivity contribution in [3.05, 3.63) is 57.3 Å². The summed E-state index contributed by atoms with van der Waals surface area (Å²) in [7, 11) is 1.37. The number of carbonyl (C=O) groups is 2. The Morgan fingerprint density at radius 2 is 1.81 bits per heavy atom. The molecule has 2 aromatic rings. The molecule has 0 N–H and O–H groups in total. The molecule has 1 aliphatic carbocycles. The Balaban J connectivity index is 1.71. The summed E-state index contributed by atoms with van der Waals surface area (Å²) < 4.78 is 4.65. The van der Waals surface area contributed by atoms with Gasteiger partial charge in [-0.15, -0.1) is 11.3 Å². The van der Waals surface area contributed by atoms with E-state index in [0.29, 0.717) is 0 Å². The molecule has 0 spiro atoms. The van der Waals surface area contributed by atoms with E-state index in [1.54, 1.807) is 0 Å². The maximum atomic E-state index is 12.6. The molecule has 0 fully saturated rings. The van der Waals surface area contributed by atoms with Gasteiger partial charge in [0.05, 0.1) is 18.4 Å². The Kier molecular flexibility index (Phi) is 3.88. The average molecular weight is 300 g/mol. The van der Waals surface area contributed by atoms with E-state index in [1.807, 2.05) is 24.3 Å². The molecule has 1 aliphatic rings. The largest absolute Gasteiger partial charge is 0.469 e. The molecule has 0 radical (unpaired) electrons. The Morgan fingerprint density at radius 3 is 2.43 bits per heavy atom. The number of hydrogen-bond donors (Lipinski definition) is 0. The van der Waals surface area contributed by atoms with Gasteiger partial charge < -0.3 is 4.74 Å². The van der Waals surface area contributed by atoms with Crippen molar-refractivity contribution in [1.82, 2.24) is 0 Å². The number of esters is 1. The first-order valence-electron chi connectivity index (χ1n) is 6.94. The summed E-state index contributed by atoms with van der Waals surface area (Å²) in [6, 6.07) is 11.9. The van der Waals surface area contributed by atoms with E-state index >= 15 is 0 Å². The molecule has 0 saturated carbocycles. The fourth-order valence-electron chi connectivity index (χ4n) is 2.77. The number of ketones is 1. The summed E-state index contributed by atoms with van der Waals surface area (Å²) in [5.74, 6) is -0.0523. The second-order valence-electron chi connectivity index (χ2n) is 5.26. The van der Waals surface area contributed by atoms with Crippen LogP contribution in [0.5, 0.6) is 0 Å². The van der Waals surface area contributed by atoms with Crippen LogP contribution in [0.2, 0.25) is 0 Å². The third-order valence-corrected chi connectivity index (χ3v) is 4.97. The van der Waals surface area contributed by atoms with Crippen LogP contribution < -0.4 is 0 Å². The number of fused-ring (bicyclic) bond motifs is 1. The lowest BCUT2D eigenvalue weighted by Crippen LogP contribution is -2.13. The van der Waals surface area contributed by atoms with Gasteiger partial charge in [0, 0.05) is 10.8 Å². The molecular formula is C17H16O3S. The van der Waals surface area contributed by atoms with E-state index in [-0.39, 0.29) is 24.1 Å². The number of Topliss-reactive ketones (excluding diaryl/α,β-unsaturated/α-hetero) is 1. The minimum atomic E-state index is -0.274. The van der Waals surface area contributed by atoms with Crippen molar-refractivity contribution >= 4 is 23.1 Å². The zero-order valence-corrected chi connectivity index (χ0v) is 12.6. The predicted molar refractivity (Wildman–Crippen MR) is 81.7 cm³/mol. The molecule has 4 heteroatoms. The maximum Gasteiger partial charge on any atom is 0.310 e. The van der Waals surface area contributed by atoms with Gasteiger partial charge in [0.25, 0.3) is 0 Å². The van der Waals surface area contributed by atoms with Crippen LogP contribution in [-0.4, -0.2) is 18.9 Å². The standard InChI is InChI=1S/C17H16O3S/c1-20-16(18)10-14-6-7-15(21-14)17(19)13-8-11-4-2-3-5-12(11)9-13/h2-7,13H,8-10H2,1H3. The molecule has 0 aliphatic heterocycles. The van der Waals surface area contributed by atoms with Crippen LogP contribution in [0.3, 0.4) is 0 Å². The van der Waals surface area contributed by atoms with Gasteiger partial charge in [-0.3, -0.25) is 9.59 Å². The minimum Gasteiger partial charge on any atom is -0.469 e. The summed E-state index contributed by atoms with van der Waals surface area (Å²) in [6.07, 6.45) is 1.87. The Morgan fingerprint density at radius 1 is 1.14 bits per heavy atom. The molecule has 1 heterocycles. The van der Waals surface area contributed by atoms with Crippen molar-refractivity contribution < 1.29 is 14.3 Å². The average Bonchev–Trinajstić information content (AvgIpc) is 3.12. The van der Waals surface area contributed by atoms with Crippen molar-refractivity contribution in [2.45, 2.75) is 19.3 Å². The molecule has 0 unspecified atom stereocenters. The molecule has 1 aromatic carbocycles. The third kappa shape index (κ3) is 2.90. The zero-order valence-electron chi connectivity index (χ0n) is 11.8. The smallest absolute Gasteiger partial charge is 0.310 e. The van der Waals surface area contributed by atoms with E-state index in [2.05, 4.69) is 16.9 Å². The first kappa shape index (κ1) is 14.0. The lowest BCUT2D eigenvalue weighted by atomic mass is 10.00. The van der Waals surface area contributed by atoms with Crippen molar-refractivity contribution in [2.75, 3.05) is 7.11 Å². The van der Waals surface area contributed by atoms with Gasteiger partial charge in [0.15, 0.2) is 5.78 Å². The van der Waals surface area contributed by atoms with Crippen LogP contribution >= 0.6 is 11.3 Å². The number of rotatable bonds is 4. The number of benzene rings is 1. The monoisotopic (exact) mass is 300 g/mol. The number of thiophene rings is 1. The molecular weight excluding hydrogens is 284 g/mol. The van der Waals surface area contributed by atoms with Gasteiger partial charge in [-0.25, -0.2) is 0 Å². The number of carbonyl (C=O) groups excluding carboxylic acids is 2. The van der Waals surface area contributed by atoms with Crippen LogP contribution in [0.25, 0.3) is 0 Å². The van der Waals surface area contributed by atoms with Crippen molar-refractivity contribution in [2.24, 2.45) is 5.92 Å². The van der Waals surface area contributed by atoms with Crippen LogP contribution in [0.4, 0.5) is 0 Å². The number of ether oxygens (including phenoxy) is 1. The van der Waals surface area contributed by atoms with E-state index in [4.69, 9.17) is 0 Å². The quantitative estimate of drug-likeness (QED) is 0.644. The Labute approximate surface area is 127 Å². The van der Waals surface area contributed by atoms with Crippen molar-refractivity contribution in [3.63, 3.8) is 0 Å². The van der Waals surface area contributed by atoms with Gasteiger partial charge in [-0.2, -0.15) is 0 Å². The molecule has 21 heavy (non-hydrogen) atoms. The van der Waals surface area contributed by atoms with E-state index < -0.39 is 0 Å². The first-order valence-corrected chi connectivity index (χ1v) is 7.75. The number of hydrogen-bond acceptors (Lipinski definition) is 4. The molecule has 0 atom stereocenters. The highest BCUT2D eigenvalue weighted by Gasteiger charge is 2.28. The topological polar surface area (TPSA) is 43.4 Å². The minimum absolute atomic E-state index is 0.0343. The molecule has 0 saturated heterocycles. The van der Waals surface area contributed by atoms with Crippen molar-refractivity contribution in [3.8, 4) is 0 Å². The second-order valence-corrected chi connectivity index (χ2v) is 6.43. The highest BCUT2D eigenvalue weighted by molar-refractivity contribution is 7.14. The Hall–Kier alpha value is -1.94. The summed E-state index contributed by atoms with van der Waals surface area (Å²) in [5, 5.41) is 0. The van der Waals surface area contributed by atoms with E-state index in [0.717, 1.165) is 22.6 Å². The lowest BCUT2D eigenvalue weighted by molar-refractivity contribution is -0.139. The predicted octanol–water partition coefficient (Wildman–Crippen LogP) is 3.06. The molecule has 108 valence electrons. The SMILES string of the molecule is COC(=O)Cc1ccc(C(=O)C2Cc3ccccc3C2)s1. The van der Waals surface area contributed by atoms with Crippen molar-refractivity contribution in [1.29, 1.82) is 0 Å². The van der Waals surface area contributed by atoms with Gasteiger partial charge >= 0.3 is 5.97 Å². The molecule has 0 bridgehead atoms. The van der Waals surface area contributed by atoms with Crippen LogP contribution in [0, 0.1) is 5.92 Å². The van der Waals surface area contributed by atoms with Crippen LogP contribution in [0.15, 0.2) is 36.4 Å². The Bertz CT molecular complexity index is 662. The molecule has 3 nitrogen and oxygen atoms in total. The maximum absolute atomic E-state index is 12.6. The van der Waals surface area contributed by atoms with Gasteiger partial charge in [0.2, 0.25) is 0 Å². The fraction of sp³-hybridized carbons (Fsp3) is 0.294. The first-order chi connectivity index (χ1) is 10.2. The van der Waals surface area contributed by atoms with Crippen LogP contribution in [-0.2, 0) is 28.8 Å². The molecule has 3 rings (SSSR count). The summed E-state index contributed by atoms with van der Waals surface area (Å²) in [5.41, 5.74) is 2.56. The fourth-order valence-corrected chi connectivity index (χ4v) is 3.78. The summed E-state index contributed by atoms with van der Waals surface area (Å²) in [4.78, 5) is 25.5. The third-order valence-electron chi connectivity index (χ3n) is 3.87. The van der Waals surface area contributed by atoms with Gasteiger partial charge in [-0.05, 0) is 36.1 Å². The van der Waals surface area contributed by atoms with Gasteiger partial charge in [-0.1, -0.05) is 24.3 Å². The molecule has 1 aromatic heterocycles. The normalized spacial score (nSPS) is 14.0. The van der Waals surface area contributed by atoms with E-state index in [9.17, 15) is 9.59 Å². The zero-order chi connectivity index (χ0) is 14.8. The van der Waals surface area contributed by atoms with Crippen LogP contribution in [0.1, 0.15) is 25.7 Å². The second kappa shape index (κ2) is 5.82. The molecule has 0 amide bonds. The number of methoxy groups -OCH3 is 1. The summed E-state index contributed by atoms with van der Waals surface area (Å²) in [6.45, 7) is 0. The van der Waals surface area contributed by atoms with Gasteiger partial charge in [0.1, 0.15) is 0 Å². The highest BCUT2D eigenvalue weighted by atomic mass is 32.1. The highest BCUT2D eigenvalue weighted by Crippen LogP contribution is 2.31.